The van der Waals surface area contributed by atoms with E-state index in [1.54, 1.807) is 6.92 Å². The van der Waals surface area contributed by atoms with Gasteiger partial charge in [-0.3, -0.25) is 4.79 Å². The fourth-order valence-corrected chi connectivity index (χ4v) is 3.01. The first kappa shape index (κ1) is 12.3. The second-order valence-corrected chi connectivity index (χ2v) is 5.01. The van der Waals surface area contributed by atoms with Crippen molar-refractivity contribution >= 4 is 33.2 Å². The number of nitrogen functional groups attached to an aromatic ring is 1. The number of anilines is 1. The molecular weight excluding hydrogens is 250 g/mol. The number of thiophene rings is 1. The topological polar surface area (TPSA) is 100 Å². The Hall–Kier alpha value is -2.13. The summed E-state index contributed by atoms with van der Waals surface area (Å²) in [6.45, 7) is 3.59. The van der Waals surface area contributed by atoms with Gasteiger partial charge in [-0.1, -0.05) is 0 Å². The predicted molar refractivity (Wildman–Crippen MR) is 69.6 cm³/mol. The summed E-state index contributed by atoms with van der Waals surface area (Å²) in [5, 5.41) is 18.6. The number of aliphatic carboxylic acids is 1. The minimum atomic E-state index is -0.906. The molecule has 0 aliphatic carbocycles. The van der Waals surface area contributed by atoms with Crippen LogP contribution in [0.15, 0.2) is 0 Å². The summed E-state index contributed by atoms with van der Waals surface area (Å²) >= 11 is 1.24. The number of aromatic nitrogens is 1. The highest BCUT2D eigenvalue weighted by atomic mass is 32.1. The molecule has 6 heteroatoms. The van der Waals surface area contributed by atoms with Crippen LogP contribution in [0.5, 0.6) is 0 Å². The molecular formula is C12H11N3O2S. The third kappa shape index (κ3) is 1.79. The molecule has 18 heavy (non-hydrogen) atoms. The molecule has 2 aromatic rings. The maximum atomic E-state index is 10.8. The van der Waals surface area contributed by atoms with Crippen molar-refractivity contribution in [2.75, 3.05) is 5.73 Å². The van der Waals surface area contributed by atoms with Gasteiger partial charge in [0.25, 0.3) is 0 Å². The predicted octanol–water partition coefficient (Wildman–Crippen LogP) is 1.99. The lowest BCUT2D eigenvalue weighted by Gasteiger charge is -2.08. The molecule has 0 radical (unpaired) electrons. The number of fused-ring (bicyclic) bond motifs is 1. The second-order valence-electron chi connectivity index (χ2n) is 4.01. The van der Waals surface area contributed by atoms with Crippen molar-refractivity contribution in [2.45, 2.75) is 20.3 Å². The van der Waals surface area contributed by atoms with Crippen LogP contribution in [-0.2, 0) is 11.2 Å². The number of nitriles is 1. The van der Waals surface area contributed by atoms with Crippen LogP contribution in [0, 0.1) is 25.2 Å². The smallest absolute Gasteiger partial charge is 0.307 e. The van der Waals surface area contributed by atoms with Gasteiger partial charge in [0.2, 0.25) is 0 Å². The van der Waals surface area contributed by atoms with Crippen molar-refractivity contribution in [1.29, 1.82) is 5.26 Å². The fourth-order valence-electron chi connectivity index (χ4n) is 2.01. The molecule has 0 fully saturated rings. The molecule has 92 valence electrons. The summed E-state index contributed by atoms with van der Waals surface area (Å²) in [4.78, 5) is 16.3. The maximum absolute atomic E-state index is 10.8. The lowest BCUT2D eigenvalue weighted by Crippen LogP contribution is -2.06. The Morgan fingerprint density at radius 3 is 2.78 bits per heavy atom. The zero-order chi connectivity index (χ0) is 13.4. The van der Waals surface area contributed by atoms with E-state index in [0.29, 0.717) is 32.0 Å². The molecule has 0 atom stereocenters. The van der Waals surface area contributed by atoms with Crippen LogP contribution in [-0.4, -0.2) is 16.1 Å². The summed E-state index contributed by atoms with van der Waals surface area (Å²) in [6, 6.07) is 2.03. The molecule has 0 aliphatic rings. The molecule has 0 saturated heterocycles. The molecule has 0 bridgehead atoms. The summed E-state index contributed by atoms with van der Waals surface area (Å²) < 4.78 is 0. The van der Waals surface area contributed by atoms with E-state index < -0.39 is 5.97 Å². The lowest BCUT2D eigenvalue weighted by molar-refractivity contribution is -0.136. The van der Waals surface area contributed by atoms with Gasteiger partial charge in [-0.2, -0.15) is 5.26 Å². The van der Waals surface area contributed by atoms with Crippen molar-refractivity contribution in [3.63, 3.8) is 0 Å². The van der Waals surface area contributed by atoms with Crippen LogP contribution in [0.25, 0.3) is 10.2 Å². The Kier molecular flexibility index (Phi) is 2.93. The van der Waals surface area contributed by atoms with Gasteiger partial charge >= 0.3 is 5.97 Å². The van der Waals surface area contributed by atoms with Gasteiger partial charge in [0.15, 0.2) is 0 Å². The highest BCUT2D eigenvalue weighted by Crippen LogP contribution is 2.36. The molecule has 0 aromatic carbocycles. The third-order valence-corrected chi connectivity index (χ3v) is 3.89. The molecule has 0 saturated carbocycles. The Labute approximate surface area is 107 Å². The summed E-state index contributed by atoms with van der Waals surface area (Å²) in [5.74, 6) is -0.906. The Morgan fingerprint density at radius 1 is 1.56 bits per heavy atom. The number of aryl methyl sites for hydroxylation is 2. The second kappa shape index (κ2) is 4.27. The zero-order valence-electron chi connectivity index (χ0n) is 9.94. The first-order chi connectivity index (χ1) is 8.45. The summed E-state index contributed by atoms with van der Waals surface area (Å²) in [7, 11) is 0. The molecule has 0 aliphatic heterocycles. The molecule has 5 nitrogen and oxygen atoms in total. The van der Waals surface area contributed by atoms with Crippen LogP contribution in [0.2, 0.25) is 0 Å². The van der Waals surface area contributed by atoms with Gasteiger partial charge < -0.3 is 10.8 Å². The number of hydrogen-bond acceptors (Lipinski definition) is 5. The normalized spacial score (nSPS) is 10.5. The largest absolute Gasteiger partial charge is 0.481 e. The van der Waals surface area contributed by atoms with E-state index in [1.165, 1.54) is 11.3 Å². The van der Waals surface area contributed by atoms with Crippen LogP contribution in [0.4, 0.5) is 5.69 Å². The number of nitrogens with zero attached hydrogens (tertiary/aromatic N) is 2. The number of hydrogen-bond donors (Lipinski definition) is 2. The van der Waals surface area contributed by atoms with E-state index in [2.05, 4.69) is 4.98 Å². The first-order valence-corrected chi connectivity index (χ1v) is 6.07. The number of carbonyl (C=O) groups is 1. The van der Waals surface area contributed by atoms with Crippen molar-refractivity contribution < 1.29 is 9.90 Å². The van der Waals surface area contributed by atoms with Gasteiger partial charge in [-0.25, -0.2) is 4.98 Å². The van der Waals surface area contributed by atoms with E-state index in [9.17, 15) is 4.79 Å². The summed E-state index contributed by atoms with van der Waals surface area (Å²) in [6.07, 6.45) is -0.0855. The lowest BCUT2D eigenvalue weighted by atomic mass is 10.0. The van der Waals surface area contributed by atoms with E-state index in [4.69, 9.17) is 16.1 Å². The van der Waals surface area contributed by atoms with Crippen molar-refractivity contribution in [3.05, 3.63) is 21.7 Å². The van der Waals surface area contributed by atoms with Crippen molar-refractivity contribution in [2.24, 2.45) is 0 Å². The highest BCUT2D eigenvalue weighted by molar-refractivity contribution is 7.19. The van der Waals surface area contributed by atoms with Gasteiger partial charge in [0.1, 0.15) is 15.8 Å². The van der Waals surface area contributed by atoms with Crippen LogP contribution in [0.3, 0.4) is 0 Å². The molecule has 2 aromatic heterocycles. The maximum Gasteiger partial charge on any atom is 0.307 e. The molecule has 0 amide bonds. The monoisotopic (exact) mass is 261 g/mol. The van der Waals surface area contributed by atoms with Gasteiger partial charge in [-0.15, -0.1) is 11.3 Å². The first-order valence-electron chi connectivity index (χ1n) is 5.25. The average Bonchev–Trinajstić information content (AvgIpc) is 2.60. The van der Waals surface area contributed by atoms with Crippen molar-refractivity contribution in [1.82, 2.24) is 4.98 Å². The minimum Gasteiger partial charge on any atom is -0.481 e. The summed E-state index contributed by atoms with van der Waals surface area (Å²) in [5.41, 5.74) is 8.44. The average molecular weight is 261 g/mol. The van der Waals surface area contributed by atoms with Crippen LogP contribution < -0.4 is 5.73 Å². The van der Waals surface area contributed by atoms with Gasteiger partial charge in [0, 0.05) is 11.1 Å². The van der Waals surface area contributed by atoms with E-state index in [1.807, 2.05) is 13.0 Å². The van der Waals surface area contributed by atoms with Gasteiger partial charge in [-0.05, 0) is 25.0 Å². The van der Waals surface area contributed by atoms with Crippen molar-refractivity contribution in [3.8, 4) is 6.07 Å². The Morgan fingerprint density at radius 2 is 2.22 bits per heavy atom. The van der Waals surface area contributed by atoms with E-state index in [0.717, 1.165) is 5.56 Å². The number of nitrogens with two attached hydrogens (primary N) is 1. The number of pyridine rings is 1. The number of carboxylic acids is 1. The Balaban J connectivity index is 2.80. The van der Waals surface area contributed by atoms with Crippen LogP contribution in [0.1, 0.15) is 21.7 Å². The standard InChI is InChI=1S/C12H11N3O2S/c1-5-7(3-9(16)17)6(2)15-12-10(5)11(14)8(4-13)18-12/h3,14H2,1-2H3,(H,16,17). The third-order valence-electron chi connectivity index (χ3n) is 2.89. The molecule has 2 rings (SSSR count). The SMILES string of the molecule is Cc1nc2sc(C#N)c(N)c2c(C)c1CC(=O)O. The Bertz CT molecular complexity index is 698. The fraction of sp³-hybridized carbons (Fsp3) is 0.250. The molecule has 0 spiro atoms. The van der Waals surface area contributed by atoms with E-state index in [-0.39, 0.29) is 6.42 Å². The quantitative estimate of drug-likeness (QED) is 0.861. The highest BCUT2D eigenvalue weighted by Gasteiger charge is 2.18. The van der Waals surface area contributed by atoms with Gasteiger partial charge in [0.05, 0.1) is 12.1 Å². The molecule has 3 N–H and O–H groups in total. The number of rotatable bonds is 2. The molecule has 2 heterocycles. The zero-order valence-corrected chi connectivity index (χ0v) is 10.8. The van der Waals surface area contributed by atoms with E-state index >= 15 is 0 Å². The minimum absolute atomic E-state index is 0.0855. The number of carboxylic acid groups (broad SMARTS) is 1. The molecule has 0 unspecified atom stereocenters. The van der Waals surface area contributed by atoms with Crippen LogP contribution >= 0.6 is 11.3 Å².